The van der Waals surface area contributed by atoms with Crippen molar-refractivity contribution in [3.8, 4) is 5.75 Å². The minimum atomic E-state index is -1.32. The lowest BCUT2D eigenvalue weighted by Gasteiger charge is -2.32. The van der Waals surface area contributed by atoms with Gasteiger partial charge in [0.15, 0.2) is 0 Å². The van der Waals surface area contributed by atoms with Crippen molar-refractivity contribution in [3.63, 3.8) is 0 Å². The Morgan fingerprint density at radius 3 is 2.38 bits per heavy atom. The van der Waals surface area contributed by atoms with Crippen molar-refractivity contribution in [3.05, 3.63) is 88.9 Å². The number of aryl methyl sites for hydroxylation is 1. The van der Waals surface area contributed by atoms with Crippen molar-refractivity contribution in [2.45, 2.75) is 72.4 Å². The maximum atomic E-state index is 13.5. The summed E-state index contributed by atoms with van der Waals surface area (Å²) < 4.78 is 15.1. The average Bonchev–Trinajstić information content (AvgIpc) is 3.47. The number of rotatable bonds is 14. The zero-order valence-electron chi connectivity index (χ0n) is 25.3. The van der Waals surface area contributed by atoms with E-state index >= 15 is 0 Å². The van der Waals surface area contributed by atoms with Gasteiger partial charge in [0.2, 0.25) is 5.60 Å². The Balaban J connectivity index is 1.75. The number of benzene rings is 2. The van der Waals surface area contributed by atoms with Gasteiger partial charge in [0.1, 0.15) is 11.4 Å². The molecule has 0 bridgehead atoms. The number of carbonyl (C=O) groups excluding carboxylic acids is 1. The predicted molar refractivity (Wildman–Crippen MR) is 164 cm³/mol. The fourth-order valence-electron chi connectivity index (χ4n) is 5.82. The Kier molecular flexibility index (Phi) is 9.14. The van der Waals surface area contributed by atoms with Gasteiger partial charge in [0.25, 0.3) is 0 Å². The maximum Gasteiger partial charge on any atom is 0.341 e. The number of cyclic esters (lactones) is 1. The van der Waals surface area contributed by atoms with Gasteiger partial charge in [-0.25, -0.2) is 14.5 Å². The first-order chi connectivity index (χ1) is 20.5. The van der Waals surface area contributed by atoms with Crippen LogP contribution < -0.4 is 9.96 Å². The molecule has 8 heteroatoms. The molecule has 222 valence electrons. The Labute approximate surface area is 248 Å². The number of nitrogens with zero attached hydrogens (tertiary/aromatic N) is 3. The van der Waals surface area contributed by atoms with Crippen LogP contribution in [-0.2, 0) is 26.6 Å². The Hall–Kier alpha value is -3.88. The zero-order chi connectivity index (χ0) is 29.7. The molecular formula is C34H41N3O5. The molecule has 0 spiro atoms. The Morgan fingerprint density at radius 1 is 0.952 bits per heavy atom. The summed E-state index contributed by atoms with van der Waals surface area (Å²) in [7, 11) is 0. The summed E-state index contributed by atoms with van der Waals surface area (Å²) in [4.78, 5) is 30.4. The van der Waals surface area contributed by atoms with Gasteiger partial charge in [0, 0.05) is 46.5 Å². The standard InChI is InChI=1S/C34H41N3O5/c1-6-10-21-40-37(41-22-11-7-2)25-18-19-28(30(23-25)39-9-4)34(32-27(33(38)42-34)16-14-20-35-32)31-24(5)36(8-3)29-17-13-12-15-26(29)31/h12-20,23H,6-11,21-22H2,1-5H3. The van der Waals surface area contributed by atoms with Crippen LogP contribution in [0.3, 0.4) is 0 Å². The molecule has 1 atom stereocenters. The van der Waals surface area contributed by atoms with Crippen molar-refractivity contribution in [2.24, 2.45) is 0 Å². The number of unbranched alkanes of at least 4 members (excludes halogenated alkanes) is 2. The Bertz CT molecular complexity index is 1540. The van der Waals surface area contributed by atoms with Gasteiger partial charge < -0.3 is 14.0 Å². The lowest BCUT2D eigenvalue weighted by molar-refractivity contribution is -0.0910. The molecule has 5 rings (SSSR count). The first-order valence-corrected chi connectivity index (χ1v) is 15.1. The molecule has 4 aromatic rings. The van der Waals surface area contributed by atoms with Gasteiger partial charge in [-0.3, -0.25) is 4.98 Å². The van der Waals surface area contributed by atoms with E-state index in [1.165, 1.54) is 5.23 Å². The van der Waals surface area contributed by atoms with Crippen LogP contribution in [0.5, 0.6) is 5.75 Å². The minimum absolute atomic E-state index is 0.412. The Morgan fingerprint density at radius 2 is 1.69 bits per heavy atom. The molecular weight excluding hydrogens is 530 g/mol. The second-order valence-electron chi connectivity index (χ2n) is 10.4. The highest BCUT2D eigenvalue weighted by molar-refractivity contribution is 5.98. The van der Waals surface area contributed by atoms with Crippen LogP contribution in [0, 0.1) is 6.92 Å². The van der Waals surface area contributed by atoms with Gasteiger partial charge in [-0.2, -0.15) is 0 Å². The second kappa shape index (κ2) is 13.0. The molecule has 0 saturated carbocycles. The van der Waals surface area contributed by atoms with Crippen LogP contribution in [0.4, 0.5) is 5.69 Å². The topological polar surface area (TPSA) is 75.0 Å². The van der Waals surface area contributed by atoms with E-state index in [2.05, 4.69) is 44.4 Å². The highest BCUT2D eigenvalue weighted by Crippen LogP contribution is 2.52. The summed E-state index contributed by atoms with van der Waals surface area (Å²) >= 11 is 0. The van der Waals surface area contributed by atoms with Gasteiger partial charge in [0.05, 0.1) is 31.1 Å². The van der Waals surface area contributed by atoms with Crippen LogP contribution in [0.25, 0.3) is 10.9 Å². The van der Waals surface area contributed by atoms with Crippen LogP contribution in [0.2, 0.25) is 0 Å². The van der Waals surface area contributed by atoms with E-state index in [4.69, 9.17) is 24.1 Å². The number of esters is 1. The summed E-state index contributed by atoms with van der Waals surface area (Å²) in [5.41, 5.74) is 4.04. The number of aromatic nitrogens is 2. The van der Waals surface area contributed by atoms with E-state index in [9.17, 15) is 4.79 Å². The normalized spacial score (nSPS) is 16.1. The lowest BCUT2D eigenvalue weighted by atomic mass is 9.80. The molecule has 0 saturated heterocycles. The van der Waals surface area contributed by atoms with Crippen molar-refractivity contribution < 1.29 is 23.9 Å². The minimum Gasteiger partial charge on any atom is -0.493 e. The number of pyridine rings is 1. The number of anilines is 1. The fourth-order valence-corrected chi connectivity index (χ4v) is 5.82. The summed E-state index contributed by atoms with van der Waals surface area (Å²) in [5, 5.41) is 2.49. The SMILES string of the molecule is CCCCON(OCCCC)c1ccc(C2(c3c(C)n(CC)c4ccccc34)OC(=O)c3cccnc32)c(OCC)c1. The summed E-state index contributed by atoms with van der Waals surface area (Å²) in [5.74, 6) is 0.155. The molecule has 8 nitrogen and oxygen atoms in total. The van der Waals surface area contributed by atoms with Crippen molar-refractivity contribution in [2.75, 3.05) is 25.0 Å². The van der Waals surface area contributed by atoms with Crippen LogP contribution in [-0.4, -0.2) is 35.3 Å². The number of carbonyl (C=O) groups is 1. The highest BCUT2D eigenvalue weighted by atomic mass is 16.9. The van der Waals surface area contributed by atoms with Gasteiger partial charge in [-0.05, 0) is 63.9 Å². The number of hydrogen-bond donors (Lipinski definition) is 0. The molecule has 0 N–H and O–H groups in total. The molecule has 0 amide bonds. The largest absolute Gasteiger partial charge is 0.493 e. The highest BCUT2D eigenvalue weighted by Gasteiger charge is 2.54. The third-order valence-electron chi connectivity index (χ3n) is 7.77. The first kappa shape index (κ1) is 29.6. The quantitative estimate of drug-likeness (QED) is 0.0881. The molecule has 0 fully saturated rings. The van der Waals surface area contributed by atoms with E-state index in [-0.39, 0.29) is 0 Å². The monoisotopic (exact) mass is 571 g/mol. The molecule has 2 aromatic heterocycles. The zero-order valence-corrected chi connectivity index (χ0v) is 25.3. The van der Waals surface area contributed by atoms with Gasteiger partial charge in [-0.15, -0.1) is 5.23 Å². The molecule has 0 aliphatic carbocycles. The van der Waals surface area contributed by atoms with E-state index in [1.807, 2.05) is 37.3 Å². The van der Waals surface area contributed by atoms with Gasteiger partial charge >= 0.3 is 5.97 Å². The maximum absolute atomic E-state index is 13.5. The predicted octanol–water partition coefficient (Wildman–Crippen LogP) is 7.50. The van der Waals surface area contributed by atoms with E-state index in [1.54, 1.807) is 18.3 Å². The van der Waals surface area contributed by atoms with Crippen LogP contribution >= 0.6 is 0 Å². The molecule has 3 heterocycles. The van der Waals surface area contributed by atoms with E-state index in [0.29, 0.717) is 48.1 Å². The average molecular weight is 572 g/mol. The lowest BCUT2D eigenvalue weighted by Crippen LogP contribution is -2.32. The smallest absolute Gasteiger partial charge is 0.341 e. The van der Waals surface area contributed by atoms with Crippen LogP contribution in [0.1, 0.15) is 86.3 Å². The molecule has 0 radical (unpaired) electrons. The van der Waals surface area contributed by atoms with E-state index < -0.39 is 11.6 Å². The summed E-state index contributed by atoms with van der Waals surface area (Å²) in [6, 6.07) is 17.6. The van der Waals surface area contributed by atoms with Crippen molar-refractivity contribution in [1.82, 2.24) is 9.55 Å². The molecule has 42 heavy (non-hydrogen) atoms. The second-order valence-corrected chi connectivity index (χ2v) is 10.4. The number of ether oxygens (including phenoxy) is 2. The van der Waals surface area contributed by atoms with Crippen molar-refractivity contribution >= 4 is 22.6 Å². The summed E-state index contributed by atoms with van der Waals surface area (Å²) in [6.45, 7) is 12.6. The summed E-state index contributed by atoms with van der Waals surface area (Å²) in [6.07, 6.45) is 5.55. The molecule has 2 aromatic carbocycles. The fraction of sp³-hybridized carbons (Fsp3) is 0.412. The van der Waals surface area contributed by atoms with Crippen LogP contribution in [0.15, 0.2) is 60.8 Å². The number of fused-ring (bicyclic) bond motifs is 2. The molecule has 1 unspecified atom stereocenters. The number of para-hydroxylation sites is 1. The van der Waals surface area contributed by atoms with Crippen molar-refractivity contribution in [1.29, 1.82) is 0 Å². The number of hydrogen-bond acceptors (Lipinski definition) is 7. The molecule has 1 aliphatic heterocycles. The third kappa shape index (κ3) is 5.14. The van der Waals surface area contributed by atoms with Gasteiger partial charge in [-0.1, -0.05) is 44.9 Å². The first-order valence-electron chi connectivity index (χ1n) is 15.1. The third-order valence-corrected chi connectivity index (χ3v) is 7.77. The molecule has 1 aliphatic rings. The van der Waals surface area contributed by atoms with E-state index in [0.717, 1.165) is 54.4 Å².